The number of benzene rings is 2. The van der Waals surface area contributed by atoms with Gasteiger partial charge in [0.25, 0.3) is 0 Å². The summed E-state index contributed by atoms with van der Waals surface area (Å²) in [4.78, 5) is 53.8. The highest BCUT2D eigenvalue weighted by atomic mass is 35.5. The minimum absolute atomic E-state index is 0.189. The van der Waals surface area contributed by atoms with Crippen molar-refractivity contribution in [2.24, 2.45) is 0 Å². The summed E-state index contributed by atoms with van der Waals surface area (Å²) in [6.45, 7) is 0.539. The van der Waals surface area contributed by atoms with E-state index in [1.54, 1.807) is 48.5 Å². The van der Waals surface area contributed by atoms with Gasteiger partial charge in [0.05, 0.1) is 0 Å². The molecule has 2 heterocycles. The lowest BCUT2D eigenvalue weighted by Gasteiger charge is -2.18. The molecule has 0 aliphatic carbocycles. The molecule has 0 bridgehead atoms. The Morgan fingerprint density at radius 1 is 0.750 bits per heavy atom. The number of carbonyl (C=O) groups is 4. The number of amides is 4. The number of nitrogens with one attached hydrogen (secondary N) is 2. The molecule has 40 heavy (non-hydrogen) atoms. The Bertz CT molecular complexity index is 1260. The first-order valence-electron chi connectivity index (χ1n) is 12.3. The summed E-state index contributed by atoms with van der Waals surface area (Å²) in [7, 11) is 0. The number of nitrogens with zero attached hydrogens (tertiary/aromatic N) is 2. The van der Waals surface area contributed by atoms with Crippen LogP contribution in [0.3, 0.4) is 0 Å². The van der Waals surface area contributed by atoms with Crippen LogP contribution in [0.4, 0.5) is 11.4 Å². The van der Waals surface area contributed by atoms with Crippen LogP contribution in [0, 0.1) is 0 Å². The minimum atomic E-state index is -0.695. The molecule has 2 unspecified atom stereocenters. The van der Waals surface area contributed by atoms with Crippen molar-refractivity contribution < 1.29 is 19.2 Å². The maximum atomic E-state index is 13.2. The standard InChI is InChI=1S/C26H24Cl2N4O4S4/c27-15-5-1-7-17(13-15)29-19(33)9-3-11-31-23(35)21(39-25(31)37)22-24(36)32(26(38)40-22)12-4-10-20(34)30-18-8-2-6-16(28)14-18/h1-2,5-8,13-14,21-22H,3-4,9-12H2,(H,29,33)(H,30,34). The number of hydrogen-bond acceptors (Lipinski definition) is 8. The summed E-state index contributed by atoms with van der Waals surface area (Å²) in [5.41, 5.74) is 1.19. The molecule has 2 aromatic carbocycles. The summed E-state index contributed by atoms with van der Waals surface area (Å²) in [6.07, 6.45) is 1.18. The highest BCUT2D eigenvalue weighted by Gasteiger charge is 2.50. The van der Waals surface area contributed by atoms with Crippen LogP contribution in [-0.4, -0.2) is 65.7 Å². The maximum Gasteiger partial charge on any atom is 0.243 e. The fourth-order valence-electron chi connectivity index (χ4n) is 4.09. The topological polar surface area (TPSA) is 98.8 Å². The van der Waals surface area contributed by atoms with Gasteiger partial charge in [-0.15, -0.1) is 0 Å². The van der Waals surface area contributed by atoms with Crippen LogP contribution in [0.1, 0.15) is 25.7 Å². The van der Waals surface area contributed by atoms with Crippen LogP contribution in [-0.2, 0) is 19.2 Å². The van der Waals surface area contributed by atoms with Crippen molar-refractivity contribution in [1.82, 2.24) is 9.80 Å². The molecule has 2 aliphatic rings. The quantitative estimate of drug-likeness (QED) is 0.303. The van der Waals surface area contributed by atoms with E-state index in [2.05, 4.69) is 10.6 Å². The second-order valence-electron chi connectivity index (χ2n) is 8.91. The van der Waals surface area contributed by atoms with Gasteiger partial charge in [-0.1, -0.05) is 83.3 Å². The SMILES string of the molecule is O=C(CCCN1C(=O)C(C2SC(=S)N(CCCC(=O)Nc3cccc(Cl)c3)C2=O)SC1=S)Nc1cccc(Cl)c1. The summed E-state index contributed by atoms with van der Waals surface area (Å²) in [6, 6.07) is 13.7. The molecule has 8 nitrogen and oxygen atoms in total. The normalized spacial score (nSPS) is 18.9. The molecule has 14 heteroatoms. The lowest BCUT2D eigenvalue weighted by atomic mass is 10.2. The third kappa shape index (κ3) is 7.95. The zero-order chi connectivity index (χ0) is 28.8. The smallest absolute Gasteiger partial charge is 0.243 e. The molecule has 0 aromatic heterocycles. The van der Waals surface area contributed by atoms with Crippen molar-refractivity contribution in [1.29, 1.82) is 0 Å². The number of thiocarbonyl (C=S) groups is 2. The lowest BCUT2D eigenvalue weighted by molar-refractivity contribution is -0.131. The van der Waals surface area contributed by atoms with Gasteiger partial charge in [-0.25, -0.2) is 0 Å². The van der Waals surface area contributed by atoms with E-state index in [4.69, 9.17) is 47.6 Å². The minimum Gasteiger partial charge on any atom is -0.326 e. The first-order chi connectivity index (χ1) is 19.1. The summed E-state index contributed by atoms with van der Waals surface area (Å²) >= 11 is 25.1. The maximum absolute atomic E-state index is 13.2. The first kappa shape index (κ1) is 30.7. The fraction of sp³-hybridized carbons (Fsp3) is 0.308. The van der Waals surface area contributed by atoms with E-state index in [9.17, 15) is 19.2 Å². The third-order valence-corrected chi connectivity index (χ3v) is 9.94. The van der Waals surface area contributed by atoms with Crippen molar-refractivity contribution in [3.63, 3.8) is 0 Å². The van der Waals surface area contributed by atoms with Gasteiger partial charge in [-0.3, -0.25) is 29.0 Å². The second kappa shape index (κ2) is 14.1. The van der Waals surface area contributed by atoms with Crippen LogP contribution in [0.2, 0.25) is 10.0 Å². The van der Waals surface area contributed by atoms with Gasteiger partial charge >= 0.3 is 0 Å². The highest BCUT2D eigenvalue weighted by Crippen LogP contribution is 2.40. The van der Waals surface area contributed by atoms with Gasteiger partial charge in [0.2, 0.25) is 23.6 Å². The largest absolute Gasteiger partial charge is 0.326 e. The molecule has 2 saturated heterocycles. The van der Waals surface area contributed by atoms with Crippen LogP contribution in [0.5, 0.6) is 0 Å². The zero-order valence-electron chi connectivity index (χ0n) is 20.9. The van der Waals surface area contributed by atoms with Gasteiger partial charge in [0.1, 0.15) is 19.1 Å². The average Bonchev–Trinajstić information content (AvgIpc) is 3.33. The van der Waals surface area contributed by atoms with Crippen molar-refractivity contribution in [2.45, 2.75) is 36.2 Å². The fourth-order valence-corrected chi connectivity index (χ4v) is 7.78. The Balaban J connectivity index is 1.23. The third-order valence-electron chi connectivity index (χ3n) is 5.98. The molecule has 0 radical (unpaired) electrons. The molecule has 2 aromatic rings. The van der Waals surface area contributed by atoms with Gasteiger partial charge in [0, 0.05) is 47.4 Å². The van der Waals surface area contributed by atoms with E-state index in [1.165, 1.54) is 33.3 Å². The molecule has 4 rings (SSSR count). The van der Waals surface area contributed by atoms with E-state index >= 15 is 0 Å². The van der Waals surface area contributed by atoms with Crippen molar-refractivity contribution >= 4 is 115 Å². The average molecular weight is 656 g/mol. The molecule has 2 fully saturated rings. The Morgan fingerprint density at radius 2 is 1.15 bits per heavy atom. The van der Waals surface area contributed by atoms with E-state index < -0.39 is 10.5 Å². The van der Waals surface area contributed by atoms with E-state index in [0.29, 0.717) is 42.9 Å². The lowest BCUT2D eigenvalue weighted by Crippen LogP contribution is -2.41. The van der Waals surface area contributed by atoms with E-state index in [0.717, 1.165) is 0 Å². The highest BCUT2D eigenvalue weighted by molar-refractivity contribution is 8.27. The monoisotopic (exact) mass is 654 g/mol. The number of halogens is 2. The Hall–Kier alpha value is -2.22. The molecule has 4 amide bonds. The summed E-state index contributed by atoms with van der Waals surface area (Å²) in [5, 5.41) is 5.20. The predicted molar refractivity (Wildman–Crippen MR) is 170 cm³/mol. The van der Waals surface area contributed by atoms with Gasteiger partial charge in [0.15, 0.2) is 0 Å². The number of rotatable bonds is 11. The van der Waals surface area contributed by atoms with Gasteiger partial charge in [-0.05, 0) is 49.2 Å². The van der Waals surface area contributed by atoms with Crippen molar-refractivity contribution in [3.05, 3.63) is 58.6 Å². The zero-order valence-corrected chi connectivity index (χ0v) is 25.7. The number of carbonyl (C=O) groups excluding carboxylic acids is 4. The predicted octanol–water partition coefficient (Wildman–Crippen LogP) is 5.59. The Morgan fingerprint density at radius 3 is 1.52 bits per heavy atom. The van der Waals surface area contributed by atoms with Crippen molar-refractivity contribution in [2.75, 3.05) is 23.7 Å². The summed E-state index contributed by atoms with van der Waals surface area (Å²) in [5.74, 6) is -0.927. The van der Waals surface area contributed by atoms with Crippen LogP contribution < -0.4 is 10.6 Å². The molecule has 0 saturated carbocycles. The summed E-state index contributed by atoms with van der Waals surface area (Å²) < 4.78 is 0.751. The second-order valence-corrected chi connectivity index (χ2v) is 13.3. The number of anilines is 2. The Kier molecular flexibility index (Phi) is 10.8. The first-order valence-corrected chi connectivity index (χ1v) is 15.6. The molecular formula is C26H24Cl2N4O4S4. The van der Waals surface area contributed by atoms with Crippen molar-refractivity contribution in [3.8, 4) is 0 Å². The van der Waals surface area contributed by atoms with E-state index in [-0.39, 0.29) is 49.6 Å². The molecule has 0 spiro atoms. The van der Waals surface area contributed by atoms with Crippen LogP contribution in [0.15, 0.2) is 48.5 Å². The molecule has 2 N–H and O–H groups in total. The number of thioether (sulfide) groups is 2. The molecular weight excluding hydrogens is 631 g/mol. The van der Waals surface area contributed by atoms with Crippen LogP contribution >= 0.6 is 71.2 Å². The van der Waals surface area contributed by atoms with E-state index in [1.807, 2.05) is 0 Å². The Labute approximate surface area is 260 Å². The van der Waals surface area contributed by atoms with Gasteiger partial charge in [-0.2, -0.15) is 0 Å². The van der Waals surface area contributed by atoms with Crippen LogP contribution in [0.25, 0.3) is 0 Å². The molecule has 2 aliphatic heterocycles. The molecule has 2 atom stereocenters. The molecule has 210 valence electrons. The number of hydrogen-bond donors (Lipinski definition) is 2. The van der Waals surface area contributed by atoms with Gasteiger partial charge < -0.3 is 10.6 Å².